The molecular weight excluding hydrogens is 466 g/mol. The average Bonchev–Trinajstić information content (AvgIpc) is 2.88. The molecule has 0 aromatic heterocycles. The Labute approximate surface area is 209 Å². The lowest BCUT2D eigenvalue weighted by atomic mass is 10.1. The molecule has 1 atom stereocenters. The van der Waals surface area contributed by atoms with Crippen LogP contribution in [0.5, 0.6) is 11.5 Å². The number of nitrogens with zero attached hydrogens (tertiary/aromatic N) is 1. The number of hydrogen-bond acceptors (Lipinski definition) is 5. The van der Waals surface area contributed by atoms with Gasteiger partial charge in [0.05, 0.1) is 6.21 Å². The van der Waals surface area contributed by atoms with E-state index in [1.54, 1.807) is 42.5 Å². The van der Waals surface area contributed by atoms with Crippen LogP contribution in [0.2, 0.25) is 5.02 Å². The van der Waals surface area contributed by atoms with E-state index in [4.69, 9.17) is 27.5 Å². The van der Waals surface area contributed by atoms with Gasteiger partial charge in [-0.1, -0.05) is 60.0 Å². The molecule has 2 amide bonds. The van der Waals surface area contributed by atoms with Crippen LogP contribution in [0, 0.1) is 12.3 Å². The molecule has 3 rings (SSSR count). The standard InChI is InChI=1S/C27H24ClN3O4/c1-2-16-34-25-11-7-6-10-21(25)18-29-31-27(33)24(17-20-8-4-3-5-9-20)30-26(32)19-35-23-14-12-22(28)13-15-23/h1,3-15,18,24H,16-17,19H2,(H,30,32)(H,31,33)/b29-18-/t24-/m1/s1. The number of nitrogens with one attached hydrogen (secondary N) is 2. The highest BCUT2D eigenvalue weighted by atomic mass is 35.5. The second-order valence-electron chi connectivity index (χ2n) is 7.32. The zero-order valence-corrected chi connectivity index (χ0v) is 19.6. The van der Waals surface area contributed by atoms with Gasteiger partial charge in [0.2, 0.25) is 0 Å². The first-order valence-electron chi connectivity index (χ1n) is 10.7. The van der Waals surface area contributed by atoms with Crippen molar-refractivity contribution in [2.24, 2.45) is 5.10 Å². The van der Waals surface area contributed by atoms with E-state index in [-0.39, 0.29) is 19.6 Å². The molecule has 0 heterocycles. The largest absolute Gasteiger partial charge is 0.484 e. The molecule has 0 aliphatic heterocycles. The highest BCUT2D eigenvalue weighted by Crippen LogP contribution is 2.16. The Balaban J connectivity index is 1.64. The van der Waals surface area contributed by atoms with Gasteiger partial charge in [-0.05, 0) is 42.0 Å². The Morgan fingerprint density at radius 3 is 2.46 bits per heavy atom. The number of hydrazone groups is 1. The van der Waals surface area contributed by atoms with E-state index in [1.165, 1.54) is 6.21 Å². The summed E-state index contributed by atoms with van der Waals surface area (Å²) in [7, 11) is 0. The first-order valence-corrected chi connectivity index (χ1v) is 11.1. The van der Waals surface area contributed by atoms with Gasteiger partial charge in [-0.15, -0.1) is 6.42 Å². The van der Waals surface area contributed by atoms with Gasteiger partial charge in [-0.25, -0.2) is 5.43 Å². The lowest BCUT2D eigenvalue weighted by molar-refractivity contribution is -0.130. The molecule has 35 heavy (non-hydrogen) atoms. The van der Waals surface area contributed by atoms with Crippen LogP contribution in [0.3, 0.4) is 0 Å². The fourth-order valence-corrected chi connectivity index (χ4v) is 3.18. The minimum absolute atomic E-state index is 0.112. The van der Waals surface area contributed by atoms with E-state index in [2.05, 4.69) is 21.8 Å². The van der Waals surface area contributed by atoms with Gasteiger partial charge >= 0.3 is 0 Å². The van der Waals surface area contributed by atoms with Crippen molar-refractivity contribution in [3.05, 3.63) is 95.0 Å². The molecule has 2 N–H and O–H groups in total. The maximum absolute atomic E-state index is 12.9. The molecule has 0 bridgehead atoms. The van der Waals surface area contributed by atoms with E-state index in [1.807, 2.05) is 36.4 Å². The summed E-state index contributed by atoms with van der Waals surface area (Å²) in [5, 5.41) is 7.30. The summed E-state index contributed by atoms with van der Waals surface area (Å²) in [6, 6.07) is 22.3. The summed E-state index contributed by atoms with van der Waals surface area (Å²) in [4.78, 5) is 25.4. The predicted molar refractivity (Wildman–Crippen MR) is 136 cm³/mol. The van der Waals surface area contributed by atoms with Crippen molar-refractivity contribution in [2.75, 3.05) is 13.2 Å². The zero-order chi connectivity index (χ0) is 24.9. The van der Waals surface area contributed by atoms with Crippen LogP contribution in [0.15, 0.2) is 84.0 Å². The van der Waals surface area contributed by atoms with Gasteiger partial charge in [0.25, 0.3) is 11.8 Å². The molecule has 178 valence electrons. The molecular formula is C27H24ClN3O4. The van der Waals surface area contributed by atoms with Crippen molar-refractivity contribution in [3.8, 4) is 23.8 Å². The van der Waals surface area contributed by atoms with Crippen LogP contribution in [0.1, 0.15) is 11.1 Å². The molecule has 0 saturated carbocycles. The van der Waals surface area contributed by atoms with Crippen molar-refractivity contribution < 1.29 is 19.1 Å². The van der Waals surface area contributed by atoms with Gasteiger partial charge in [-0.2, -0.15) is 5.10 Å². The van der Waals surface area contributed by atoms with E-state index in [0.29, 0.717) is 22.1 Å². The summed E-state index contributed by atoms with van der Waals surface area (Å²) in [5.74, 6) is 2.50. The number of ether oxygens (including phenoxy) is 2. The minimum Gasteiger partial charge on any atom is -0.484 e. The number of carbonyl (C=O) groups is 2. The van der Waals surface area contributed by atoms with Gasteiger partial charge < -0.3 is 14.8 Å². The van der Waals surface area contributed by atoms with Gasteiger partial charge in [0.1, 0.15) is 24.1 Å². The fourth-order valence-electron chi connectivity index (χ4n) is 3.06. The summed E-state index contributed by atoms with van der Waals surface area (Å²) in [6.07, 6.45) is 6.98. The molecule has 0 radical (unpaired) electrons. The minimum atomic E-state index is -0.871. The summed E-state index contributed by atoms with van der Waals surface area (Å²) < 4.78 is 11.0. The normalized spacial score (nSPS) is 11.3. The van der Waals surface area contributed by atoms with E-state index in [9.17, 15) is 9.59 Å². The Hall–Kier alpha value is -4.28. The third-order valence-corrected chi connectivity index (χ3v) is 4.98. The second-order valence-corrected chi connectivity index (χ2v) is 7.75. The highest BCUT2D eigenvalue weighted by molar-refractivity contribution is 6.30. The first kappa shape index (κ1) is 25.3. The molecule has 0 aliphatic carbocycles. The Kier molecular flexibility index (Phi) is 9.73. The maximum atomic E-state index is 12.9. The van der Waals surface area contributed by atoms with Crippen LogP contribution in [0.25, 0.3) is 0 Å². The third-order valence-electron chi connectivity index (χ3n) is 4.73. The number of benzene rings is 3. The Bertz CT molecular complexity index is 1190. The fraction of sp³-hybridized carbons (Fsp3) is 0.148. The van der Waals surface area contributed by atoms with E-state index >= 15 is 0 Å². The van der Waals surface area contributed by atoms with Crippen molar-refractivity contribution in [2.45, 2.75) is 12.5 Å². The van der Waals surface area contributed by atoms with Crippen LogP contribution in [0.4, 0.5) is 0 Å². The van der Waals surface area contributed by atoms with Crippen molar-refractivity contribution in [3.63, 3.8) is 0 Å². The lowest BCUT2D eigenvalue weighted by Gasteiger charge is -2.17. The quantitative estimate of drug-likeness (QED) is 0.245. The molecule has 0 unspecified atom stereocenters. The smallest absolute Gasteiger partial charge is 0.262 e. The summed E-state index contributed by atoms with van der Waals surface area (Å²) in [5.41, 5.74) is 4.00. The van der Waals surface area contributed by atoms with Crippen LogP contribution >= 0.6 is 11.6 Å². The number of para-hydroxylation sites is 1. The van der Waals surface area contributed by atoms with Gasteiger partial charge in [-0.3, -0.25) is 9.59 Å². The van der Waals surface area contributed by atoms with E-state index in [0.717, 1.165) is 5.56 Å². The zero-order valence-electron chi connectivity index (χ0n) is 18.8. The number of hydrogen-bond donors (Lipinski definition) is 2. The van der Waals surface area contributed by atoms with Crippen molar-refractivity contribution in [1.82, 2.24) is 10.7 Å². The molecule has 0 spiro atoms. The number of rotatable bonds is 11. The summed E-state index contributed by atoms with van der Waals surface area (Å²) >= 11 is 5.86. The van der Waals surface area contributed by atoms with Crippen molar-refractivity contribution >= 4 is 29.6 Å². The van der Waals surface area contributed by atoms with E-state index < -0.39 is 17.9 Å². The molecule has 3 aromatic rings. The van der Waals surface area contributed by atoms with Crippen LogP contribution in [-0.4, -0.2) is 37.3 Å². The molecule has 0 aliphatic rings. The van der Waals surface area contributed by atoms with Gasteiger partial charge in [0.15, 0.2) is 6.61 Å². The molecule has 7 nitrogen and oxygen atoms in total. The van der Waals surface area contributed by atoms with Crippen molar-refractivity contribution in [1.29, 1.82) is 0 Å². The SMILES string of the molecule is C#CCOc1ccccc1/C=N\NC(=O)[C@@H](Cc1ccccc1)NC(=O)COc1ccc(Cl)cc1. The number of carbonyl (C=O) groups excluding carboxylic acids is 2. The first-order chi connectivity index (χ1) is 17.0. The lowest BCUT2D eigenvalue weighted by Crippen LogP contribution is -2.48. The number of terminal acetylenes is 1. The monoisotopic (exact) mass is 489 g/mol. The summed E-state index contributed by atoms with van der Waals surface area (Å²) in [6.45, 7) is -0.149. The Morgan fingerprint density at radius 2 is 1.71 bits per heavy atom. The molecule has 0 fully saturated rings. The molecule has 0 saturated heterocycles. The second kappa shape index (κ2) is 13.4. The maximum Gasteiger partial charge on any atom is 0.262 e. The number of halogens is 1. The molecule has 8 heteroatoms. The third kappa shape index (κ3) is 8.54. The topological polar surface area (TPSA) is 89.0 Å². The van der Waals surface area contributed by atoms with Gasteiger partial charge in [0, 0.05) is 17.0 Å². The number of amides is 2. The van der Waals surface area contributed by atoms with Crippen LogP contribution in [-0.2, 0) is 16.0 Å². The predicted octanol–water partition coefficient (Wildman–Crippen LogP) is 3.61. The Morgan fingerprint density at radius 1 is 1.00 bits per heavy atom. The highest BCUT2D eigenvalue weighted by Gasteiger charge is 2.21. The van der Waals surface area contributed by atoms with Crippen LogP contribution < -0.4 is 20.2 Å². The average molecular weight is 490 g/mol. The molecule has 3 aromatic carbocycles.